The van der Waals surface area contributed by atoms with Crippen LogP contribution in [0.4, 0.5) is 10.6 Å². The molecule has 4 aromatic rings. The molecule has 0 aliphatic carbocycles. The Labute approximate surface area is 250 Å². The van der Waals surface area contributed by atoms with Crippen LogP contribution >= 0.6 is 0 Å². The first-order valence-electron chi connectivity index (χ1n) is 13.8. The third-order valence-electron chi connectivity index (χ3n) is 7.03. The first-order valence-corrected chi connectivity index (χ1v) is 13.8. The van der Waals surface area contributed by atoms with E-state index in [1.165, 1.54) is 31.0 Å². The molecule has 0 spiro atoms. The molecule has 5 atom stereocenters. The number of carboxylic acids is 1. The fourth-order valence-electron chi connectivity index (χ4n) is 5.04. The van der Waals surface area contributed by atoms with Gasteiger partial charge in [0.15, 0.2) is 35.6 Å². The van der Waals surface area contributed by atoms with Gasteiger partial charge in [-0.05, 0) is 30.7 Å². The van der Waals surface area contributed by atoms with Gasteiger partial charge in [0.25, 0.3) is 5.91 Å². The quantitative estimate of drug-likeness (QED) is 0.220. The van der Waals surface area contributed by atoms with Crippen molar-refractivity contribution in [2.75, 3.05) is 11.9 Å². The molecular weight excluding hydrogens is 572 g/mol. The monoisotopic (exact) mass is 600 g/mol. The largest absolute Gasteiger partial charge is 0.478 e. The van der Waals surface area contributed by atoms with Crippen molar-refractivity contribution in [2.24, 2.45) is 0 Å². The zero-order valence-electron chi connectivity index (χ0n) is 23.4. The van der Waals surface area contributed by atoms with E-state index in [1.807, 2.05) is 36.4 Å². The highest BCUT2D eigenvalue weighted by molar-refractivity contribution is 5.95. The number of nitrogens with zero attached hydrogens (tertiary/aromatic N) is 5. The molecule has 4 N–H and O–H groups in total. The average molecular weight is 601 g/mol. The molecule has 2 saturated heterocycles. The molecule has 5 heterocycles. The highest BCUT2D eigenvalue weighted by Gasteiger charge is 2.56. The molecule has 2 aliphatic heterocycles. The second-order valence-corrected chi connectivity index (χ2v) is 9.84. The van der Waals surface area contributed by atoms with Gasteiger partial charge in [-0.15, -0.1) is 0 Å². The number of aromatic nitrogens is 5. The number of fused-ring (bicyclic) bond motifs is 2. The minimum atomic E-state index is -1.16. The maximum Gasteiger partial charge on any atom is 0.337 e. The van der Waals surface area contributed by atoms with Gasteiger partial charge < -0.3 is 30.0 Å². The number of ether oxygens (including phenoxy) is 3. The van der Waals surface area contributed by atoms with Crippen molar-refractivity contribution in [1.29, 1.82) is 0 Å². The van der Waals surface area contributed by atoms with Gasteiger partial charge in [0, 0.05) is 12.7 Å². The van der Waals surface area contributed by atoms with Crippen molar-refractivity contribution in [2.45, 2.75) is 44.3 Å². The van der Waals surface area contributed by atoms with Crippen molar-refractivity contribution in [3.63, 3.8) is 0 Å². The van der Waals surface area contributed by atoms with Gasteiger partial charge in [-0.25, -0.2) is 24.5 Å². The van der Waals surface area contributed by atoms with Crippen molar-refractivity contribution in [3.8, 4) is 0 Å². The third kappa shape index (κ3) is 5.83. The number of amides is 3. The molecule has 4 unspecified atom stereocenters. The van der Waals surface area contributed by atoms with Crippen molar-refractivity contribution >= 4 is 41.0 Å². The molecular formula is C29H28N8O7. The normalized spacial score (nSPS) is 22.6. The lowest BCUT2D eigenvalue weighted by molar-refractivity contribution is -0.152. The van der Waals surface area contributed by atoms with E-state index < -0.39 is 48.7 Å². The van der Waals surface area contributed by atoms with Crippen molar-refractivity contribution in [1.82, 2.24) is 35.1 Å². The fourth-order valence-corrected chi connectivity index (χ4v) is 5.04. The Morgan fingerprint density at radius 2 is 1.80 bits per heavy atom. The van der Waals surface area contributed by atoms with Gasteiger partial charge in [0.1, 0.15) is 18.5 Å². The summed E-state index contributed by atoms with van der Waals surface area (Å²) in [5.41, 5.74) is 1.75. The van der Waals surface area contributed by atoms with E-state index in [1.54, 1.807) is 17.6 Å². The fraction of sp³-hybridized carbons (Fsp3) is 0.276. The van der Waals surface area contributed by atoms with Gasteiger partial charge >= 0.3 is 12.0 Å². The maximum atomic E-state index is 13.5. The number of aromatic carboxylic acids is 1. The lowest BCUT2D eigenvalue weighted by Gasteiger charge is -2.20. The molecule has 15 heteroatoms. The Morgan fingerprint density at radius 1 is 0.977 bits per heavy atom. The Hall–Kier alpha value is -5.25. The molecule has 0 radical (unpaired) electrons. The zero-order valence-corrected chi connectivity index (χ0v) is 23.4. The number of carbonyl (C=O) groups is 3. The Morgan fingerprint density at radius 3 is 2.59 bits per heavy atom. The van der Waals surface area contributed by atoms with Crippen LogP contribution in [0.1, 0.15) is 34.8 Å². The Balaban J connectivity index is 1.27. The molecule has 2 fully saturated rings. The molecule has 44 heavy (non-hydrogen) atoms. The van der Waals surface area contributed by atoms with E-state index >= 15 is 0 Å². The number of imidazole rings is 1. The van der Waals surface area contributed by atoms with Crippen LogP contribution in [0.2, 0.25) is 0 Å². The maximum absolute atomic E-state index is 13.5. The van der Waals surface area contributed by atoms with E-state index in [0.29, 0.717) is 17.7 Å². The number of carbonyl (C=O) groups excluding carboxylic acids is 2. The second kappa shape index (κ2) is 12.5. The predicted octanol–water partition coefficient (Wildman–Crippen LogP) is 2.10. The molecule has 15 nitrogen and oxygen atoms in total. The van der Waals surface area contributed by atoms with Gasteiger partial charge in [-0.3, -0.25) is 19.7 Å². The molecule has 1 aromatic carbocycles. The van der Waals surface area contributed by atoms with Crippen LogP contribution in [0.5, 0.6) is 0 Å². The van der Waals surface area contributed by atoms with Crippen LogP contribution in [-0.2, 0) is 25.5 Å². The number of rotatable bonds is 9. The van der Waals surface area contributed by atoms with Crippen molar-refractivity contribution in [3.05, 3.63) is 84.2 Å². The van der Waals surface area contributed by atoms with Crippen LogP contribution in [0.3, 0.4) is 0 Å². The van der Waals surface area contributed by atoms with Crippen molar-refractivity contribution < 1.29 is 33.7 Å². The smallest absolute Gasteiger partial charge is 0.337 e. The first-order chi connectivity index (χ1) is 21.4. The number of urea groups is 1. The van der Waals surface area contributed by atoms with E-state index in [4.69, 9.17) is 14.2 Å². The molecule has 0 saturated carbocycles. The van der Waals surface area contributed by atoms with E-state index in [-0.39, 0.29) is 23.6 Å². The number of nitrogens with one attached hydrogen (secondary N) is 3. The summed E-state index contributed by atoms with van der Waals surface area (Å²) in [6.07, 6.45) is 3.38. The summed E-state index contributed by atoms with van der Waals surface area (Å²) in [7, 11) is 0. The van der Waals surface area contributed by atoms with Crippen LogP contribution < -0.4 is 16.0 Å². The van der Waals surface area contributed by atoms with Gasteiger partial charge in [0.2, 0.25) is 0 Å². The first kappa shape index (κ1) is 28.9. The topological polar surface area (TPSA) is 192 Å². The highest BCUT2D eigenvalue weighted by atomic mass is 16.8. The zero-order chi connectivity index (χ0) is 30.6. The number of pyridine rings is 1. The molecule has 6 rings (SSSR count). The minimum absolute atomic E-state index is 0.0240. The van der Waals surface area contributed by atoms with Crippen LogP contribution in [0.15, 0.2) is 67.4 Å². The number of carboxylic acid groups (broad SMARTS) is 1. The van der Waals surface area contributed by atoms with Crippen LogP contribution in [-0.4, -0.2) is 78.7 Å². The summed E-state index contributed by atoms with van der Waals surface area (Å²) in [5.74, 6) is -1.51. The summed E-state index contributed by atoms with van der Waals surface area (Å²) in [5, 5.41) is 17.5. The molecule has 3 aromatic heterocycles. The number of hydrogen-bond donors (Lipinski definition) is 4. The predicted molar refractivity (Wildman–Crippen MR) is 154 cm³/mol. The summed E-state index contributed by atoms with van der Waals surface area (Å²) in [6, 6.07) is 12.1. The minimum Gasteiger partial charge on any atom is -0.478 e. The van der Waals surface area contributed by atoms with Gasteiger partial charge in [-0.1, -0.05) is 36.4 Å². The average Bonchev–Trinajstić information content (AvgIpc) is 3.74. The van der Waals surface area contributed by atoms with Gasteiger partial charge in [0.05, 0.1) is 24.1 Å². The lowest BCUT2D eigenvalue weighted by Crippen LogP contribution is -2.42. The lowest BCUT2D eigenvalue weighted by atomic mass is 10.1. The number of benzene rings is 1. The van der Waals surface area contributed by atoms with Crippen LogP contribution in [0, 0.1) is 0 Å². The molecule has 2 aliphatic rings. The summed E-state index contributed by atoms with van der Waals surface area (Å²) >= 11 is 0. The summed E-state index contributed by atoms with van der Waals surface area (Å²) in [6.45, 7) is 2.07. The third-order valence-corrected chi connectivity index (χ3v) is 7.03. The van der Waals surface area contributed by atoms with Crippen LogP contribution in [0.25, 0.3) is 17.2 Å². The summed E-state index contributed by atoms with van der Waals surface area (Å²) < 4.78 is 20.2. The Kier molecular flexibility index (Phi) is 8.23. The highest BCUT2D eigenvalue weighted by Crippen LogP contribution is 2.41. The standard InChI is InChI=1S/C29H28N8O7/c1-2-30-29(41)36-24-20-25(34-14-33-24)37(15-35-20)27-23-21(42-19(43-23)11-10-16-7-4-3-5-8-16)22(44-27)26(38)32-13-18-17(28(39)40)9-6-12-31-18/h3-12,14-15,19,21-23,27H,2,13H2,1H3,(H,32,38)(H,39,40)(H2,30,33,34,36,41)/b11-10+/t19-,21?,22?,23?,27?/m0/s1. The molecule has 3 amide bonds. The van der Waals surface area contributed by atoms with E-state index in [0.717, 1.165) is 5.56 Å². The Bertz CT molecular complexity index is 1710. The second-order valence-electron chi connectivity index (χ2n) is 9.84. The number of anilines is 1. The van der Waals surface area contributed by atoms with E-state index in [2.05, 4.69) is 35.9 Å². The van der Waals surface area contributed by atoms with Gasteiger partial charge in [-0.2, -0.15) is 0 Å². The molecule has 0 bridgehead atoms. The molecule has 226 valence electrons. The summed E-state index contributed by atoms with van der Waals surface area (Å²) in [4.78, 5) is 54.2. The van der Waals surface area contributed by atoms with E-state index in [9.17, 15) is 19.5 Å². The number of hydrogen-bond acceptors (Lipinski definition) is 10. The SMILES string of the molecule is CCNC(=O)Nc1ncnc2c1ncn2C1OC(C(=O)NCc2ncccc2C(=O)O)C2O[C@H](/C=C/c3ccccc3)OC21.